The molecule has 5 heteroatoms. The van der Waals surface area contributed by atoms with E-state index in [2.05, 4.69) is 16.9 Å². The van der Waals surface area contributed by atoms with Crippen LogP contribution in [0.2, 0.25) is 0 Å². The van der Waals surface area contributed by atoms with E-state index in [9.17, 15) is 4.79 Å². The minimum atomic E-state index is -0.545. The topological polar surface area (TPSA) is 68.0 Å². The fraction of sp³-hybridized carbons (Fsp3) is 0.333. The van der Waals surface area contributed by atoms with E-state index in [1.165, 1.54) is 11.3 Å². The molecule has 1 aromatic rings. The zero-order valence-electron chi connectivity index (χ0n) is 7.99. The van der Waals surface area contributed by atoms with Crippen molar-refractivity contribution in [1.29, 1.82) is 0 Å². The molecule has 1 rings (SSSR count). The second-order valence-electron chi connectivity index (χ2n) is 2.91. The molecule has 0 aliphatic heterocycles. The average molecular weight is 211 g/mol. The molecular weight excluding hydrogens is 198 g/mol. The highest BCUT2D eigenvalue weighted by Crippen LogP contribution is 2.14. The molecule has 14 heavy (non-hydrogen) atoms. The Kier molecular flexibility index (Phi) is 3.79. The lowest BCUT2D eigenvalue weighted by molar-refractivity contribution is -0.117. The van der Waals surface area contributed by atoms with Crippen LogP contribution in [-0.2, 0) is 4.79 Å². The van der Waals surface area contributed by atoms with Crippen LogP contribution in [-0.4, -0.2) is 16.9 Å². The summed E-state index contributed by atoms with van der Waals surface area (Å²) in [5.41, 5.74) is 6.47. The second-order valence-corrected chi connectivity index (χ2v) is 3.77. The van der Waals surface area contributed by atoms with E-state index in [4.69, 9.17) is 5.73 Å². The van der Waals surface area contributed by atoms with E-state index in [1.54, 1.807) is 6.08 Å². The summed E-state index contributed by atoms with van der Waals surface area (Å²) in [6, 6.07) is -0.545. The highest BCUT2D eigenvalue weighted by molar-refractivity contribution is 7.13. The maximum Gasteiger partial charge on any atom is 0.243 e. The van der Waals surface area contributed by atoms with Crippen LogP contribution < -0.4 is 11.1 Å². The predicted octanol–water partition coefficient (Wildman–Crippen LogP) is 1.29. The SMILES string of the molecule is C=CCC(N)C(=O)Nc1nc(C)cs1. The van der Waals surface area contributed by atoms with Crippen LogP contribution >= 0.6 is 11.3 Å². The van der Waals surface area contributed by atoms with Crippen LogP contribution in [0.1, 0.15) is 12.1 Å². The highest BCUT2D eigenvalue weighted by atomic mass is 32.1. The molecular formula is C9H13N3OS. The lowest BCUT2D eigenvalue weighted by atomic mass is 10.2. The Hall–Kier alpha value is -1.20. The second kappa shape index (κ2) is 4.88. The molecule has 0 aliphatic carbocycles. The van der Waals surface area contributed by atoms with Gasteiger partial charge in [0.1, 0.15) is 0 Å². The number of carbonyl (C=O) groups excluding carboxylic acids is 1. The van der Waals surface area contributed by atoms with E-state index < -0.39 is 6.04 Å². The number of amides is 1. The van der Waals surface area contributed by atoms with Crippen molar-refractivity contribution >= 4 is 22.4 Å². The Labute approximate surface area is 86.8 Å². The van der Waals surface area contributed by atoms with Crippen molar-refractivity contribution < 1.29 is 4.79 Å². The van der Waals surface area contributed by atoms with Crippen molar-refractivity contribution in [2.24, 2.45) is 5.73 Å². The smallest absolute Gasteiger partial charge is 0.243 e. The molecule has 0 bridgehead atoms. The number of aromatic nitrogens is 1. The van der Waals surface area contributed by atoms with E-state index >= 15 is 0 Å². The molecule has 1 amide bonds. The van der Waals surface area contributed by atoms with Crippen molar-refractivity contribution in [2.75, 3.05) is 5.32 Å². The number of thiazole rings is 1. The first-order valence-electron chi connectivity index (χ1n) is 4.23. The molecule has 0 aromatic carbocycles. The quantitative estimate of drug-likeness (QED) is 0.737. The number of anilines is 1. The summed E-state index contributed by atoms with van der Waals surface area (Å²) in [5, 5.41) is 5.10. The number of hydrogen-bond acceptors (Lipinski definition) is 4. The standard InChI is InChI=1S/C9H13N3OS/c1-3-4-7(10)8(13)12-9-11-6(2)5-14-9/h3,5,7H,1,4,10H2,2H3,(H,11,12,13). The lowest BCUT2D eigenvalue weighted by Gasteiger charge is -2.07. The fourth-order valence-electron chi connectivity index (χ4n) is 0.896. The molecule has 0 saturated carbocycles. The molecule has 1 aromatic heterocycles. The van der Waals surface area contributed by atoms with Gasteiger partial charge in [-0.2, -0.15) is 0 Å². The van der Waals surface area contributed by atoms with E-state index in [0.717, 1.165) is 5.69 Å². The lowest BCUT2D eigenvalue weighted by Crippen LogP contribution is -2.34. The minimum absolute atomic E-state index is 0.223. The number of nitrogens with one attached hydrogen (secondary N) is 1. The first kappa shape index (κ1) is 10.9. The van der Waals surface area contributed by atoms with E-state index in [1.807, 2.05) is 12.3 Å². The summed E-state index contributed by atoms with van der Waals surface area (Å²) >= 11 is 1.39. The van der Waals surface area contributed by atoms with Crippen molar-refractivity contribution in [3.8, 4) is 0 Å². The Bertz CT molecular complexity index is 335. The van der Waals surface area contributed by atoms with Gasteiger partial charge in [-0.1, -0.05) is 6.08 Å². The third kappa shape index (κ3) is 2.93. The zero-order chi connectivity index (χ0) is 10.6. The van der Waals surface area contributed by atoms with Crippen LogP contribution in [0.25, 0.3) is 0 Å². The summed E-state index contributed by atoms with van der Waals surface area (Å²) in [7, 11) is 0. The Morgan fingerprint density at radius 3 is 3.14 bits per heavy atom. The Morgan fingerprint density at radius 2 is 2.64 bits per heavy atom. The third-order valence-electron chi connectivity index (χ3n) is 1.61. The normalized spacial score (nSPS) is 12.1. The van der Waals surface area contributed by atoms with Crippen molar-refractivity contribution in [2.45, 2.75) is 19.4 Å². The Morgan fingerprint density at radius 1 is 1.93 bits per heavy atom. The molecule has 0 radical (unpaired) electrons. The summed E-state index contributed by atoms with van der Waals surface area (Å²) in [5.74, 6) is -0.223. The maximum atomic E-state index is 11.4. The van der Waals surface area contributed by atoms with Crippen molar-refractivity contribution in [3.05, 3.63) is 23.7 Å². The molecule has 1 unspecified atom stereocenters. The van der Waals surface area contributed by atoms with Crippen LogP contribution in [0, 0.1) is 6.92 Å². The molecule has 0 saturated heterocycles. The Balaban J connectivity index is 2.52. The molecule has 4 nitrogen and oxygen atoms in total. The van der Waals surface area contributed by atoms with Crippen LogP contribution in [0.3, 0.4) is 0 Å². The number of nitrogens with two attached hydrogens (primary N) is 1. The van der Waals surface area contributed by atoms with Gasteiger partial charge in [-0.05, 0) is 13.3 Å². The highest BCUT2D eigenvalue weighted by Gasteiger charge is 2.12. The summed E-state index contributed by atoms with van der Waals surface area (Å²) < 4.78 is 0. The minimum Gasteiger partial charge on any atom is -0.320 e. The van der Waals surface area contributed by atoms with Crippen LogP contribution in [0.4, 0.5) is 5.13 Å². The molecule has 76 valence electrons. The monoisotopic (exact) mass is 211 g/mol. The fourth-order valence-corrected chi connectivity index (χ4v) is 1.59. The molecule has 0 aliphatic rings. The zero-order valence-corrected chi connectivity index (χ0v) is 8.80. The summed E-state index contributed by atoms with van der Waals surface area (Å²) in [6.45, 7) is 5.39. The third-order valence-corrected chi connectivity index (χ3v) is 2.48. The number of carbonyl (C=O) groups is 1. The molecule has 1 heterocycles. The molecule has 3 N–H and O–H groups in total. The molecule has 1 atom stereocenters. The maximum absolute atomic E-state index is 11.4. The van der Waals surface area contributed by atoms with Gasteiger partial charge in [0.05, 0.1) is 11.7 Å². The van der Waals surface area contributed by atoms with Crippen LogP contribution in [0.5, 0.6) is 0 Å². The first-order valence-corrected chi connectivity index (χ1v) is 5.11. The van der Waals surface area contributed by atoms with Gasteiger partial charge in [-0.25, -0.2) is 4.98 Å². The van der Waals surface area contributed by atoms with Crippen molar-refractivity contribution in [1.82, 2.24) is 4.98 Å². The summed E-state index contributed by atoms with van der Waals surface area (Å²) in [4.78, 5) is 15.5. The molecule has 0 spiro atoms. The van der Waals surface area contributed by atoms with Gasteiger partial charge in [0, 0.05) is 5.38 Å². The largest absolute Gasteiger partial charge is 0.320 e. The van der Waals surface area contributed by atoms with Gasteiger partial charge in [0.2, 0.25) is 5.91 Å². The van der Waals surface area contributed by atoms with Gasteiger partial charge in [0.15, 0.2) is 5.13 Å². The van der Waals surface area contributed by atoms with Crippen molar-refractivity contribution in [3.63, 3.8) is 0 Å². The van der Waals surface area contributed by atoms with E-state index in [-0.39, 0.29) is 5.91 Å². The van der Waals surface area contributed by atoms with Gasteiger partial charge in [-0.15, -0.1) is 17.9 Å². The van der Waals surface area contributed by atoms with Gasteiger partial charge < -0.3 is 11.1 Å². The van der Waals surface area contributed by atoms with Gasteiger partial charge in [0.25, 0.3) is 0 Å². The number of nitrogens with zero attached hydrogens (tertiary/aromatic N) is 1. The van der Waals surface area contributed by atoms with Gasteiger partial charge in [-0.3, -0.25) is 4.79 Å². The predicted molar refractivity (Wildman–Crippen MR) is 58.3 cm³/mol. The number of rotatable bonds is 4. The number of hydrogen-bond donors (Lipinski definition) is 2. The van der Waals surface area contributed by atoms with E-state index in [0.29, 0.717) is 11.6 Å². The molecule has 0 fully saturated rings. The number of aryl methyl sites for hydroxylation is 1. The summed E-state index contributed by atoms with van der Waals surface area (Å²) in [6.07, 6.45) is 2.09. The van der Waals surface area contributed by atoms with Crippen LogP contribution in [0.15, 0.2) is 18.0 Å². The first-order chi connectivity index (χ1) is 6.63. The van der Waals surface area contributed by atoms with Gasteiger partial charge >= 0.3 is 0 Å². The average Bonchev–Trinajstić information content (AvgIpc) is 2.51.